The predicted octanol–water partition coefficient (Wildman–Crippen LogP) is 1.22. The van der Waals surface area contributed by atoms with E-state index >= 15 is 0 Å². The van der Waals surface area contributed by atoms with E-state index in [-0.39, 0.29) is 17.7 Å². The van der Waals surface area contributed by atoms with Gasteiger partial charge in [0.25, 0.3) is 5.56 Å². The summed E-state index contributed by atoms with van der Waals surface area (Å²) >= 11 is 3.07. The average Bonchev–Trinajstić information content (AvgIpc) is 3.15. The lowest BCUT2D eigenvalue weighted by molar-refractivity contribution is -0.120. The zero-order valence-electron chi connectivity index (χ0n) is 18.0. The quantitative estimate of drug-likeness (QED) is 0.329. The molecule has 1 fully saturated rings. The molecular formula is C20H24BrN4O8P. The summed E-state index contributed by atoms with van der Waals surface area (Å²) in [5.41, 5.74) is 4.42. The van der Waals surface area contributed by atoms with Crippen LogP contribution in [0, 0.1) is 0 Å². The number of hydrogen-bond acceptors (Lipinski definition) is 9. The van der Waals surface area contributed by atoms with Crippen molar-refractivity contribution in [3.8, 4) is 5.75 Å². The Bertz CT molecular complexity index is 1200. The van der Waals surface area contributed by atoms with Crippen molar-refractivity contribution >= 4 is 35.7 Å². The molecule has 3 rings (SSSR count). The molecule has 184 valence electrons. The summed E-state index contributed by atoms with van der Waals surface area (Å²) in [6.45, 7) is 0.963. The molecule has 2 heterocycles. The lowest BCUT2D eigenvalue weighted by atomic mass is 10.2. The minimum absolute atomic E-state index is 0.00647. The van der Waals surface area contributed by atoms with Gasteiger partial charge in [-0.2, -0.15) is 0 Å². The van der Waals surface area contributed by atoms with Crippen LogP contribution in [0.5, 0.6) is 5.75 Å². The molecule has 1 amide bonds. The van der Waals surface area contributed by atoms with Crippen molar-refractivity contribution in [2.75, 3.05) is 6.61 Å². The predicted molar refractivity (Wildman–Crippen MR) is 126 cm³/mol. The Balaban J connectivity index is 1.75. The van der Waals surface area contributed by atoms with Gasteiger partial charge in [-0.15, -0.1) is 0 Å². The fraction of sp³-hybridized carbons (Fsp3) is 0.350. The molecule has 1 aliphatic heterocycles. The summed E-state index contributed by atoms with van der Waals surface area (Å²) in [4.78, 5) is 39.8. The van der Waals surface area contributed by atoms with Crippen LogP contribution in [-0.4, -0.2) is 45.4 Å². The standard InChI is InChI=1S/C20H24BrN4O8P/c1-12(22)18(27)24-34(30,33-14-5-3-2-4-6-14)31-11-16-15(26)9-17(32-16)25-10-13(7-8-21)19(28)23-20(25)29/h2-8,10,12,15-17,26H,9,11,22H2,1H3,(H,23,28,29)(H,24,27,30)/b8-7+/t12-,15?,16-,17-,34?/m0/s1. The lowest BCUT2D eigenvalue weighted by Gasteiger charge is -2.23. The third-order valence-electron chi connectivity index (χ3n) is 4.79. The second-order valence-electron chi connectivity index (χ2n) is 7.44. The van der Waals surface area contributed by atoms with Gasteiger partial charge in [-0.05, 0) is 30.1 Å². The fourth-order valence-corrected chi connectivity index (χ4v) is 4.71. The second kappa shape index (κ2) is 11.3. The number of ether oxygens (including phenoxy) is 1. The number of para-hydroxylation sites is 1. The van der Waals surface area contributed by atoms with E-state index in [4.69, 9.17) is 19.5 Å². The SMILES string of the molecule is C[C@H](N)C(=O)NP(=O)(OC[C@@H]1O[C@H](n2cc(/C=C/Br)c(=O)[nH]c2=O)CC1O)Oc1ccccc1. The van der Waals surface area contributed by atoms with Crippen LogP contribution in [0.4, 0.5) is 0 Å². The molecule has 0 radical (unpaired) electrons. The van der Waals surface area contributed by atoms with E-state index < -0.39 is 56.0 Å². The first-order valence-corrected chi connectivity index (χ1v) is 12.6. The molecule has 0 bridgehead atoms. The topological polar surface area (TPSA) is 175 Å². The number of nitrogens with two attached hydrogens (primary N) is 1. The van der Waals surface area contributed by atoms with Gasteiger partial charge in [0.05, 0.1) is 24.3 Å². The van der Waals surface area contributed by atoms with Gasteiger partial charge < -0.3 is 20.1 Å². The highest BCUT2D eigenvalue weighted by atomic mass is 79.9. The number of carbonyl (C=O) groups excluding carboxylic acids is 1. The first-order valence-electron chi connectivity index (χ1n) is 10.1. The Kier molecular flexibility index (Phi) is 8.63. The Labute approximate surface area is 202 Å². The maximum absolute atomic E-state index is 13.2. The smallest absolute Gasteiger partial charge is 0.409 e. The van der Waals surface area contributed by atoms with Crippen LogP contribution in [0.2, 0.25) is 0 Å². The van der Waals surface area contributed by atoms with Crippen LogP contribution in [0.25, 0.3) is 6.08 Å². The number of hydrogen-bond donors (Lipinski definition) is 4. The molecule has 1 aromatic heterocycles. The molecule has 2 aromatic rings. The van der Waals surface area contributed by atoms with Gasteiger partial charge in [0.2, 0.25) is 5.91 Å². The number of aliphatic hydroxyl groups excluding tert-OH is 1. The van der Waals surface area contributed by atoms with E-state index in [2.05, 4.69) is 26.0 Å². The molecule has 14 heteroatoms. The van der Waals surface area contributed by atoms with Crippen LogP contribution >= 0.6 is 23.7 Å². The molecule has 1 aliphatic rings. The van der Waals surface area contributed by atoms with Gasteiger partial charge in [-0.3, -0.25) is 28.8 Å². The summed E-state index contributed by atoms with van der Waals surface area (Å²) < 4.78 is 30.9. The van der Waals surface area contributed by atoms with Crippen molar-refractivity contribution in [1.82, 2.24) is 14.6 Å². The molecule has 0 saturated carbocycles. The molecule has 5 atom stereocenters. The van der Waals surface area contributed by atoms with Crippen molar-refractivity contribution in [3.63, 3.8) is 0 Å². The summed E-state index contributed by atoms with van der Waals surface area (Å²) in [6.07, 6.45) is -0.311. The van der Waals surface area contributed by atoms with Gasteiger partial charge in [-0.1, -0.05) is 34.1 Å². The number of amides is 1. The van der Waals surface area contributed by atoms with Gasteiger partial charge in [-0.25, -0.2) is 9.36 Å². The number of halogens is 1. The molecule has 34 heavy (non-hydrogen) atoms. The van der Waals surface area contributed by atoms with E-state index in [0.29, 0.717) is 0 Å². The summed E-state index contributed by atoms with van der Waals surface area (Å²) in [6, 6.07) is 7.06. The van der Waals surface area contributed by atoms with Gasteiger partial charge in [0, 0.05) is 12.6 Å². The number of nitrogens with one attached hydrogen (secondary N) is 2. The van der Waals surface area contributed by atoms with Crippen molar-refractivity contribution in [2.24, 2.45) is 5.73 Å². The molecule has 5 N–H and O–H groups in total. The second-order valence-corrected chi connectivity index (χ2v) is 9.63. The first-order chi connectivity index (χ1) is 16.1. The normalized spacial score (nSPS) is 22.9. The number of aromatic nitrogens is 2. The number of rotatable bonds is 9. The van der Waals surface area contributed by atoms with E-state index in [0.717, 1.165) is 4.57 Å². The number of benzene rings is 1. The lowest BCUT2D eigenvalue weighted by Crippen LogP contribution is -2.38. The van der Waals surface area contributed by atoms with Crippen molar-refractivity contribution in [1.29, 1.82) is 0 Å². The molecule has 0 aliphatic carbocycles. The molecule has 1 aromatic carbocycles. The Morgan fingerprint density at radius 2 is 2.15 bits per heavy atom. The Hall–Kier alpha value is -2.54. The third kappa shape index (κ3) is 6.53. The van der Waals surface area contributed by atoms with Crippen molar-refractivity contribution < 1.29 is 28.3 Å². The molecule has 2 unspecified atom stereocenters. The minimum Gasteiger partial charge on any atom is -0.409 e. The number of carbonyl (C=O) groups is 1. The summed E-state index contributed by atoms with van der Waals surface area (Å²) in [5.74, 6) is -0.592. The number of aromatic amines is 1. The van der Waals surface area contributed by atoms with Crippen LogP contribution in [0.3, 0.4) is 0 Å². The van der Waals surface area contributed by atoms with Crippen molar-refractivity contribution in [3.05, 3.63) is 67.9 Å². The highest BCUT2D eigenvalue weighted by Gasteiger charge is 2.39. The van der Waals surface area contributed by atoms with Gasteiger partial charge >= 0.3 is 13.4 Å². The zero-order valence-corrected chi connectivity index (χ0v) is 20.5. The average molecular weight is 559 g/mol. The molecular weight excluding hydrogens is 535 g/mol. The van der Waals surface area contributed by atoms with E-state index in [1.807, 2.05) is 0 Å². The number of aliphatic hydroxyl groups is 1. The molecule has 1 saturated heterocycles. The van der Waals surface area contributed by atoms with Gasteiger partial charge in [0.1, 0.15) is 18.1 Å². The zero-order chi connectivity index (χ0) is 24.9. The van der Waals surface area contributed by atoms with Crippen LogP contribution in [0.1, 0.15) is 25.1 Å². The maximum atomic E-state index is 13.2. The van der Waals surface area contributed by atoms with Gasteiger partial charge in [0.15, 0.2) is 0 Å². The van der Waals surface area contributed by atoms with Crippen LogP contribution < -0.4 is 26.6 Å². The van der Waals surface area contributed by atoms with E-state index in [9.17, 15) is 24.1 Å². The third-order valence-corrected chi connectivity index (χ3v) is 6.49. The fourth-order valence-electron chi connectivity index (χ4n) is 3.05. The number of nitrogens with zero attached hydrogens (tertiary/aromatic N) is 1. The largest absolute Gasteiger partial charge is 0.488 e. The first kappa shape index (κ1) is 26.1. The van der Waals surface area contributed by atoms with Crippen LogP contribution in [0.15, 0.2) is 51.1 Å². The van der Waals surface area contributed by atoms with E-state index in [1.165, 1.54) is 36.3 Å². The Morgan fingerprint density at radius 1 is 1.44 bits per heavy atom. The van der Waals surface area contributed by atoms with Crippen molar-refractivity contribution in [2.45, 2.75) is 37.8 Å². The summed E-state index contributed by atoms with van der Waals surface area (Å²) in [5, 5.41) is 12.6. The monoisotopic (exact) mass is 558 g/mol. The highest BCUT2D eigenvalue weighted by molar-refractivity contribution is 9.11. The minimum atomic E-state index is -4.26. The van der Waals surface area contributed by atoms with Crippen LogP contribution in [-0.2, 0) is 18.6 Å². The van der Waals surface area contributed by atoms with E-state index in [1.54, 1.807) is 18.2 Å². The number of H-pyrrole nitrogens is 1. The summed E-state index contributed by atoms with van der Waals surface area (Å²) in [7, 11) is -4.26. The highest BCUT2D eigenvalue weighted by Crippen LogP contribution is 2.45. The maximum Gasteiger partial charge on any atom is 0.488 e. The molecule has 12 nitrogen and oxygen atoms in total. The molecule has 0 spiro atoms. The Morgan fingerprint density at radius 3 is 2.79 bits per heavy atom.